The molecule has 4 nitrogen and oxygen atoms in total. The number of benzene rings is 3. The molecule has 35 heavy (non-hydrogen) atoms. The van der Waals surface area contributed by atoms with Crippen molar-refractivity contribution in [3.63, 3.8) is 0 Å². The largest absolute Gasteiger partial charge is 0.490 e. The maximum absolute atomic E-state index is 6.46. The molecule has 0 spiro atoms. The summed E-state index contributed by atoms with van der Waals surface area (Å²) in [6.07, 6.45) is 9.25. The number of aliphatic imine (C=N–C) groups is 1. The van der Waals surface area contributed by atoms with E-state index < -0.39 is 0 Å². The van der Waals surface area contributed by atoms with Crippen molar-refractivity contribution < 1.29 is 9.47 Å². The number of hydrogen-bond donors (Lipinski definition) is 1. The molecule has 0 bridgehead atoms. The first-order valence-electron chi connectivity index (χ1n) is 12.0. The standard InChI is InChI=1S/C30H29ClN2O2/c1-3-16-35-30-26(31)17-20(18-28(30)34-4-2)19-32-22-14-12-21(13-15-22)29-25-10-7-9-23(25)24-8-5-6-11-27(24)33-29/h3,5-9,11-15,17-19,23,25,29,33H,1,4,10,16H2,2H3/t23-,25-,29+/m1/s1. The van der Waals surface area contributed by atoms with Gasteiger partial charge >= 0.3 is 0 Å². The molecule has 0 amide bonds. The second-order valence-corrected chi connectivity index (χ2v) is 9.18. The smallest absolute Gasteiger partial charge is 0.180 e. The van der Waals surface area contributed by atoms with Crippen molar-refractivity contribution in [1.82, 2.24) is 0 Å². The van der Waals surface area contributed by atoms with Crippen molar-refractivity contribution in [2.45, 2.75) is 25.3 Å². The quantitative estimate of drug-likeness (QED) is 0.261. The van der Waals surface area contributed by atoms with Crippen LogP contribution in [-0.2, 0) is 0 Å². The van der Waals surface area contributed by atoms with Gasteiger partial charge in [0.15, 0.2) is 11.5 Å². The Kier molecular flexibility index (Phi) is 6.91. The molecule has 1 aliphatic heterocycles. The maximum Gasteiger partial charge on any atom is 0.180 e. The Bertz CT molecular complexity index is 1270. The Labute approximate surface area is 212 Å². The fourth-order valence-electron chi connectivity index (χ4n) is 5.00. The molecule has 178 valence electrons. The van der Waals surface area contributed by atoms with E-state index in [0.717, 1.165) is 17.7 Å². The van der Waals surface area contributed by atoms with Gasteiger partial charge in [0.05, 0.1) is 23.4 Å². The lowest BCUT2D eigenvalue weighted by atomic mass is 9.77. The molecule has 1 aliphatic carbocycles. The molecule has 1 heterocycles. The Hall–Kier alpha value is -3.50. The summed E-state index contributed by atoms with van der Waals surface area (Å²) in [7, 11) is 0. The first-order valence-corrected chi connectivity index (χ1v) is 12.4. The first-order chi connectivity index (χ1) is 17.2. The summed E-state index contributed by atoms with van der Waals surface area (Å²) in [6.45, 7) is 6.49. The summed E-state index contributed by atoms with van der Waals surface area (Å²) < 4.78 is 11.4. The van der Waals surface area contributed by atoms with Gasteiger partial charge in [0.2, 0.25) is 0 Å². The molecule has 1 N–H and O–H groups in total. The highest BCUT2D eigenvalue weighted by Gasteiger charge is 2.37. The molecule has 3 aromatic rings. The predicted octanol–water partition coefficient (Wildman–Crippen LogP) is 7.88. The normalized spacial score (nSPS) is 20.2. The van der Waals surface area contributed by atoms with Crippen LogP contribution < -0.4 is 14.8 Å². The monoisotopic (exact) mass is 484 g/mol. The van der Waals surface area contributed by atoms with E-state index in [2.05, 4.69) is 77.6 Å². The van der Waals surface area contributed by atoms with Crippen molar-refractivity contribution in [3.05, 3.63) is 107 Å². The number of ether oxygens (including phenoxy) is 2. The Morgan fingerprint density at radius 3 is 2.74 bits per heavy atom. The minimum atomic E-state index is 0.276. The molecular weight excluding hydrogens is 456 g/mol. The summed E-state index contributed by atoms with van der Waals surface area (Å²) in [5.74, 6) is 2.12. The maximum atomic E-state index is 6.46. The van der Waals surface area contributed by atoms with Crippen LogP contribution in [0.1, 0.15) is 42.0 Å². The average molecular weight is 485 g/mol. The van der Waals surface area contributed by atoms with Crippen LogP contribution in [0.2, 0.25) is 5.02 Å². The van der Waals surface area contributed by atoms with Crippen LogP contribution in [0.5, 0.6) is 11.5 Å². The number of halogens is 1. The lowest BCUT2D eigenvalue weighted by Crippen LogP contribution is -2.28. The molecular formula is C30H29ClN2O2. The van der Waals surface area contributed by atoms with Crippen LogP contribution in [0.15, 0.2) is 90.5 Å². The number of nitrogens with one attached hydrogen (secondary N) is 1. The number of para-hydroxylation sites is 1. The van der Waals surface area contributed by atoms with Gasteiger partial charge in [0, 0.05) is 17.8 Å². The number of hydrogen-bond acceptors (Lipinski definition) is 4. The summed E-state index contributed by atoms with van der Waals surface area (Å²) in [5.41, 5.74) is 5.64. The molecule has 5 heteroatoms. The van der Waals surface area contributed by atoms with E-state index in [1.54, 1.807) is 12.3 Å². The second-order valence-electron chi connectivity index (χ2n) is 8.78. The number of nitrogens with zero attached hydrogens (tertiary/aromatic N) is 1. The lowest BCUT2D eigenvalue weighted by molar-refractivity contribution is 0.297. The van der Waals surface area contributed by atoms with E-state index in [-0.39, 0.29) is 6.04 Å². The summed E-state index contributed by atoms with van der Waals surface area (Å²) in [4.78, 5) is 4.67. The Balaban J connectivity index is 1.34. The molecule has 0 unspecified atom stereocenters. The second kappa shape index (κ2) is 10.4. The van der Waals surface area contributed by atoms with Crippen LogP contribution >= 0.6 is 11.6 Å². The van der Waals surface area contributed by atoms with Gasteiger partial charge in [-0.25, -0.2) is 0 Å². The van der Waals surface area contributed by atoms with Gasteiger partial charge in [0.25, 0.3) is 0 Å². The SMILES string of the molecule is C=CCOc1c(Cl)cc(C=Nc2ccc([C@@H]3Nc4ccccc4[C@H]4C=CC[C@H]43)cc2)cc1OCC. The van der Waals surface area contributed by atoms with Crippen LogP contribution in [0.4, 0.5) is 11.4 Å². The van der Waals surface area contributed by atoms with E-state index in [0.29, 0.717) is 41.6 Å². The topological polar surface area (TPSA) is 42.8 Å². The molecule has 0 aromatic heterocycles. The average Bonchev–Trinajstić information content (AvgIpc) is 3.38. The van der Waals surface area contributed by atoms with Gasteiger partial charge < -0.3 is 14.8 Å². The van der Waals surface area contributed by atoms with Crippen LogP contribution in [0, 0.1) is 5.92 Å². The van der Waals surface area contributed by atoms with E-state index in [1.807, 2.05) is 19.1 Å². The van der Waals surface area contributed by atoms with Crippen molar-refractivity contribution in [2.75, 3.05) is 18.5 Å². The van der Waals surface area contributed by atoms with Gasteiger partial charge in [-0.15, -0.1) is 0 Å². The van der Waals surface area contributed by atoms with Gasteiger partial charge in [-0.2, -0.15) is 0 Å². The van der Waals surface area contributed by atoms with Crippen molar-refractivity contribution in [3.8, 4) is 11.5 Å². The number of fused-ring (bicyclic) bond motifs is 3. The van der Waals surface area contributed by atoms with Crippen LogP contribution in [0.25, 0.3) is 0 Å². The van der Waals surface area contributed by atoms with Crippen LogP contribution in [-0.4, -0.2) is 19.4 Å². The van der Waals surface area contributed by atoms with Crippen molar-refractivity contribution >= 4 is 29.2 Å². The fourth-order valence-corrected chi connectivity index (χ4v) is 5.27. The third kappa shape index (κ3) is 4.85. The fraction of sp³-hybridized carbons (Fsp3) is 0.233. The van der Waals surface area contributed by atoms with Gasteiger partial charge in [0.1, 0.15) is 6.61 Å². The van der Waals surface area contributed by atoms with E-state index in [4.69, 9.17) is 21.1 Å². The Morgan fingerprint density at radius 2 is 1.94 bits per heavy atom. The third-order valence-electron chi connectivity index (χ3n) is 6.56. The minimum absolute atomic E-state index is 0.276. The number of allylic oxidation sites excluding steroid dienone is 2. The molecule has 5 rings (SSSR count). The first kappa shape index (κ1) is 23.3. The van der Waals surface area contributed by atoms with E-state index >= 15 is 0 Å². The third-order valence-corrected chi connectivity index (χ3v) is 6.84. The highest BCUT2D eigenvalue weighted by molar-refractivity contribution is 6.32. The molecule has 3 aromatic carbocycles. The zero-order valence-corrected chi connectivity index (χ0v) is 20.5. The van der Waals surface area contributed by atoms with E-state index in [9.17, 15) is 0 Å². The minimum Gasteiger partial charge on any atom is -0.490 e. The summed E-state index contributed by atoms with van der Waals surface area (Å²) >= 11 is 6.46. The molecule has 0 saturated heterocycles. The van der Waals surface area contributed by atoms with Gasteiger partial charge in [-0.1, -0.05) is 66.7 Å². The zero-order chi connectivity index (χ0) is 24.2. The van der Waals surface area contributed by atoms with Gasteiger partial charge in [-0.3, -0.25) is 4.99 Å². The Morgan fingerprint density at radius 1 is 1.11 bits per heavy atom. The van der Waals surface area contributed by atoms with Gasteiger partial charge in [-0.05, 0) is 66.3 Å². The molecule has 0 fully saturated rings. The zero-order valence-electron chi connectivity index (χ0n) is 19.8. The van der Waals surface area contributed by atoms with Crippen LogP contribution in [0.3, 0.4) is 0 Å². The summed E-state index contributed by atoms with van der Waals surface area (Å²) in [6, 6.07) is 21.1. The highest BCUT2D eigenvalue weighted by Crippen LogP contribution is 2.49. The molecule has 2 aliphatic rings. The number of rotatable bonds is 8. The molecule has 0 radical (unpaired) electrons. The number of anilines is 1. The molecule has 0 saturated carbocycles. The van der Waals surface area contributed by atoms with E-state index in [1.165, 1.54) is 16.8 Å². The van der Waals surface area contributed by atoms with Crippen molar-refractivity contribution in [1.29, 1.82) is 0 Å². The highest BCUT2D eigenvalue weighted by atomic mass is 35.5. The lowest BCUT2D eigenvalue weighted by Gasteiger charge is -2.37. The predicted molar refractivity (Wildman–Crippen MR) is 145 cm³/mol. The van der Waals surface area contributed by atoms with Crippen molar-refractivity contribution in [2.24, 2.45) is 10.9 Å². The summed E-state index contributed by atoms with van der Waals surface area (Å²) in [5, 5.41) is 4.27. The molecule has 3 atom stereocenters.